The van der Waals surface area contributed by atoms with Gasteiger partial charge in [-0.2, -0.15) is 5.10 Å². The van der Waals surface area contributed by atoms with Crippen molar-refractivity contribution in [2.75, 3.05) is 5.01 Å². The van der Waals surface area contributed by atoms with Gasteiger partial charge in [-0.3, -0.25) is 0 Å². The van der Waals surface area contributed by atoms with Crippen LogP contribution in [-0.4, -0.2) is 17.5 Å². The van der Waals surface area contributed by atoms with Gasteiger partial charge in [-0.15, -0.1) is 0 Å². The number of hydrogen-bond donors (Lipinski definition) is 1. The molecule has 1 aromatic rings. The highest BCUT2D eigenvalue weighted by molar-refractivity contribution is 5.84. The molecule has 1 unspecified atom stereocenters. The van der Waals surface area contributed by atoms with Crippen molar-refractivity contribution in [3.05, 3.63) is 35.9 Å². The molecule has 0 fully saturated rings. The fourth-order valence-electron chi connectivity index (χ4n) is 1.45. The Hall–Kier alpha value is -1.61. The van der Waals surface area contributed by atoms with E-state index in [9.17, 15) is 5.11 Å². The Kier molecular flexibility index (Phi) is 2.33. The monoisotopic (exact) mass is 188 g/mol. The highest BCUT2D eigenvalue weighted by Crippen LogP contribution is 2.24. The molecular formula is C11H12N2O. The number of fused-ring (bicyclic) bond motifs is 1. The lowest BCUT2D eigenvalue weighted by Gasteiger charge is -2.22. The van der Waals surface area contributed by atoms with Crippen LogP contribution in [0.5, 0.6) is 0 Å². The number of benzene rings is 1. The molecule has 3 nitrogen and oxygen atoms in total. The molecule has 2 rings (SSSR count). The lowest BCUT2D eigenvalue weighted by atomic mass is 10.1. The number of hydrazone groups is 1. The standard InChI is InChI=1S/C11H12N2O/c1-9(14)13-11-7-3-2-5-10(11)6-4-8-12-13/h2-9,14H,1H3. The molecule has 1 N–H and O–H groups in total. The van der Waals surface area contributed by atoms with Crippen molar-refractivity contribution in [1.29, 1.82) is 0 Å². The van der Waals surface area contributed by atoms with Gasteiger partial charge in [-0.05, 0) is 24.6 Å². The molecule has 14 heavy (non-hydrogen) atoms. The molecule has 0 saturated heterocycles. The van der Waals surface area contributed by atoms with Crippen LogP contribution < -0.4 is 5.01 Å². The third kappa shape index (κ3) is 1.54. The Labute approximate surface area is 83.0 Å². The largest absolute Gasteiger partial charge is 0.372 e. The fourth-order valence-corrected chi connectivity index (χ4v) is 1.45. The average molecular weight is 188 g/mol. The number of rotatable bonds is 1. The molecule has 0 spiro atoms. The second kappa shape index (κ2) is 3.64. The number of aliphatic hydroxyl groups is 1. The molecule has 0 bridgehead atoms. The lowest BCUT2D eigenvalue weighted by molar-refractivity contribution is 0.190. The van der Waals surface area contributed by atoms with E-state index in [1.807, 2.05) is 36.4 Å². The molecular weight excluding hydrogens is 176 g/mol. The quantitative estimate of drug-likeness (QED) is 0.730. The second-order valence-corrected chi connectivity index (χ2v) is 3.16. The first-order chi connectivity index (χ1) is 6.79. The lowest BCUT2D eigenvalue weighted by Crippen LogP contribution is -2.27. The van der Waals surface area contributed by atoms with E-state index in [4.69, 9.17) is 0 Å². The van der Waals surface area contributed by atoms with Crippen LogP contribution >= 0.6 is 0 Å². The van der Waals surface area contributed by atoms with Gasteiger partial charge in [0.15, 0.2) is 0 Å². The molecule has 0 aromatic heterocycles. The van der Waals surface area contributed by atoms with Gasteiger partial charge in [0, 0.05) is 6.21 Å². The Balaban J connectivity index is 2.50. The minimum absolute atomic E-state index is 0.618. The fraction of sp³-hybridized carbons (Fsp3) is 0.182. The zero-order valence-corrected chi connectivity index (χ0v) is 7.96. The Morgan fingerprint density at radius 1 is 1.36 bits per heavy atom. The summed E-state index contributed by atoms with van der Waals surface area (Å²) < 4.78 is 0. The van der Waals surface area contributed by atoms with Crippen molar-refractivity contribution in [1.82, 2.24) is 0 Å². The van der Waals surface area contributed by atoms with Crippen molar-refractivity contribution < 1.29 is 5.11 Å². The second-order valence-electron chi connectivity index (χ2n) is 3.16. The molecule has 0 aliphatic carbocycles. The van der Waals surface area contributed by atoms with Gasteiger partial charge in [-0.1, -0.05) is 24.3 Å². The molecule has 72 valence electrons. The van der Waals surface area contributed by atoms with E-state index in [1.54, 1.807) is 18.1 Å². The van der Waals surface area contributed by atoms with Crippen molar-refractivity contribution in [2.24, 2.45) is 5.10 Å². The van der Waals surface area contributed by atoms with Crippen LogP contribution in [0.2, 0.25) is 0 Å². The summed E-state index contributed by atoms with van der Waals surface area (Å²) in [6.45, 7) is 1.69. The first-order valence-electron chi connectivity index (χ1n) is 4.56. The Morgan fingerprint density at radius 3 is 2.93 bits per heavy atom. The first-order valence-corrected chi connectivity index (χ1v) is 4.56. The van der Waals surface area contributed by atoms with Crippen molar-refractivity contribution in [3.63, 3.8) is 0 Å². The molecule has 3 heteroatoms. The topological polar surface area (TPSA) is 35.8 Å². The average Bonchev–Trinajstić information content (AvgIpc) is 2.39. The molecule has 0 amide bonds. The minimum atomic E-state index is -0.618. The van der Waals surface area contributed by atoms with Crippen LogP contribution in [0.4, 0.5) is 5.69 Å². The Bertz CT molecular complexity index is 383. The zero-order chi connectivity index (χ0) is 9.97. The van der Waals surface area contributed by atoms with E-state index in [0.717, 1.165) is 11.3 Å². The number of nitrogens with zero attached hydrogens (tertiary/aromatic N) is 2. The highest BCUT2D eigenvalue weighted by atomic mass is 16.3. The van der Waals surface area contributed by atoms with Crippen LogP contribution in [-0.2, 0) is 0 Å². The molecule has 1 aliphatic heterocycles. The summed E-state index contributed by atoms with van der Waals surface area (Å²) in [5, 5.41) is 15.3. The molecule has 0 radical (unpaired) electrons. The van der Waals surface area contributed by atoms with E-state index in [2.05, 4.69) is 5.10 Å². The van der Waals surface area contributed by atoms with Crippen molar-refractivity contribution in [2.45, 2.75) is 13.2 Å². The number of allylic oxidation sites excluding steroid dienone is 1. The van der Waals surface area contributed by atoms with Gasteiger partial charge in [-0.25, -0.2) is 5.01 Å². The van der Waals surface area contributed by atoms with Crippen LogP contribution in [0.1, 0.15) is 12.5 Å². The summed E-state index contributed by atoms with van der Waals surface area (Å²) in [6.07, 6.45) is 4.89. The van der Waals surface area contributed by atoms with E-state index < -0.39 is 6.23 Å². The van der Waals surface area contributed by atoms with Gasteiger partial charge in [0.05, 0.1) is 5.69 Å². The maximum Gasteiger partial charge on any atom is 0.144 e. The number of hydrogen-bond acceptors (Lipinski definition) is 3. The first kappa shape index (κ1) is 8.97. The number of para-hydroxylation sites is 1. The van der Waals surface area contributed by atoms with E-state index in [-0.39, 0.29) is 0 Å². The summed E-state index contributed by atoms with van der Waals surface area (Å²) >= 11 is 0. The summed E-state index contributed by atoms with van der Waals surface area (Å²) in [7, 11) is 0. The predicted octanol–water partition coefficient (Wildman–Crippen LogP) is 1.84. The van der Waals surface area contributed by atoms with Gasteiger partial charge in [0.1, 0.15) is 6.23 Å². The van der Waals surface area contributed by atoms with Crippen molar-refractivity contribution >= 4 is 18.0 Å². The highest BCUT2D eigenvalue weighted by Gasteiger charge is 2.13. The maximum absolute atomic E-state index is 9.53. The predicted molar refractivity (Wildman–Crippen MR) is 58.1 cm³/mol. The van der Waals surface area contributed by atoms with E-state index in [0.29, 0.717) is 0 Å². The van der Waals surface area contributed by atoms with Crippen LogP contribution in [0.3, 0.4) is 0 Å². The zero-order valence-electron chi connectivity index (χ0n) is 7.96. The third-order valence-corrected chi connectivity index (χ3v) is 2.09. The summed E-state index contributed by atoms with van der Waals surface area (Å²) in [4.78, 5) is 0. The normalized spacial score (nSPS) is 16.3. The SMILES string of the molecule is CC(O)N1N=CC=Cc2ccccc21. The van der Waals surface area contributed by atoms with E-state index >= 15 is 0 Å². The molecule has 0 saturated carbocycles. The van der Waals surface area contributed by atoms with Crippen molar-refractivity contribution in [3.8, 4) is 0 Å². The van der Waals surface area contributed by atoms with Gasteiger partial charge in [0.2, 0.25) is 0 Å². The molecule has 1 aliphatic rings. The van der Waals surface area contributed by atoms with Gasteiger partial charge in [0.25, 0.3) is 0 Å². The summed E-state index contributed by atoms with van der Waals surface area (Å²) in [5.41, 5.74) is 1.98. The molecule has 1 aromatic carbocycles. The van der Waals surface area contributed by atoms with Gasteiger partial charge < -0.3 is 5.11 Å². The van der Waals surface area contributed by atoms with Crippen LogP contribution in [0.15, 0.2) is 35.4 Å². The summed E-state index contributed by atoms with van der Waals surface area (Å²) in [5.74, 6) is 0. The molecule has 1 atom stereocenters. The third-order valence-electron chi connectivity index (χ3n) is 2.09. The molecule has 1 heterocycles. The van der Waals surface area contributed by atoms with Crippen LogP contribution in [0, 0.1) is 0 Å². The Morgan fingerprint density at radius 2 is 2.14 bits per heavy atom. The maximum atomic E-state index is 9.53. The summed E-state index contributed by atoms with van der Waals surface area (Å²) in [6, 6.07) is 7.84. The number of anilines is 1. The minimum Gasteiger partial charge on any atom is -0.372 e. The van der Waals surface area contributed by atoms with E-state index in [1.165, 1.54) is 0 Å². The van der Waals surface area contributed by atoms with Crippen LogP contribution in [0.25, 0.3) is 6.08 Å². The van der Waals surface area contributed by atoms with Gasteiger partial charge >= 0.3 is 0 Å². The number of aliphatic hydroxyl groups excluding tert-OH is 1. The smallest absolute Gasteiger partial charge is 0.144 e.